The predicted molar refractivity (Wildman–Crippen MR) is 76.3 cm³/mol. The highest BCUT2D eigenvalue weighted by Gasteiger charge is 2.10. The molecule has 1 unspecified atom stereocenters. The summed E-state index contributed by atoms with van der Waals surface area (Å²) in [5.41, 5.74) is 6.46. The van der Waals surface area contributed by atoms with Crippen molar-refractivity contribution in [2.45, 2.75) is 31.7 Å². The third-order valence-corrected chi connectivity index (χ3v) is 3.33. The molecule has 0 saturated heterocycles. The van der Waals surface area contributed by atoms with Gasteiger partial charge in [0.15, 0.2) is 0 Å². The van der Waals surface area contributed by atoms with Crippen LogP contribution in [0, 0.1) is 11.6 Å². The zero-order chi connectivity index (χ0) is 15.0. The van der Waals surface area contributed by atoms with Crippen LogP contribution in [0.15, 0.2) is 18.2 Å². The molecule has 1 rings (SSSR count). The first-order chi connectivity index (χ1) is 9.52. The van der Waals surface area contributed by atoms with E-state index in [2.05, 4.69) is 4.90 Å². The van der Waals surface area contributed by atoms with Gasteiger partial charge in [-0.3, -0.25) is 0 Å². The van der Waals surface area contributed by atoms with Crippen LogP contribution in [0.5, 0.6) is 0 Å². The van der Waals surface area contributed by atoms with Gasteiger partial charge in [-0.25, -0.2) is 8.78 Å². The van der Waals surface area contributed by atoms with Gasteiger partial charge in [0.05, 0.1) is 0 Å². The molecule has 0 radical (unpaired) electrons. The molecule has 0 aromatic heterocycles. The summed E-state index contributed by atoms with van der Waals surface area (Å²) in [7, 11) is 2.00. The fourth-order valence-corrected chi connectivity index (χ4v) is 2.10. The summed E-state index contributed by atoms with van der Waals surface area (Å²) < 4.78 is 26.2. The monoisotopic (exact) mass is 286 g/mol. The summed E-state index contributed by atoms with van der Waals surface area (Å²) in [5, 5.41) is 8.69. The van der Waals surface area contributed by atoms with Gasteiger partial charge in [0, 0.05) is 18.7 Å². The highest BCUT2D eigenvalue weighted by molar-refractivity contribution is 5.21. The van der Waals surface area contributed by atoms with Crippen molar-refractivity contribution in [3.63, 3.8) is 0 Å². The number of hydrogen-bond acceptors (Lipinski definition) is 3. The molecule has 114 valence electrons. The quantitative estimate of drug-likeness (QED) is 0.686. The van der Waals surface area contributed by atoms with E-state index in [4.69, 9.17) is 10.8 Å². The molecule has 0 spiro atoms. The first-order valence-electron chi connectivity index (χ1n) is 7.04. The third kappa shape index (κ3) is 6.41. The Morgan fingerprint density at radius 1 is 1.10 bits per heavy atom. The van der Waals surface area contributed by atoms with Crippen molar-refractivity contribution in [1.29, 1.82) is 0 Å². The minimum absolute atomic E-state index is 0.236. The molecule has 3 nitrogen and oxygen atoms in total. The normalized spacial score (nSPS) is 12.9. The number of nitrogens with two attached hydrogens (primary N) is 1. The highest BCUT2D eigenvalue weighted by atomic mass is 19.1. The molecule has 1 aromatic rings. The Balaban J connectivity index is 2.33. The van der Waals surface area contributed by atoms with Crippen molar-refractivity contribution >= 4 is 0 Å². The maximum atomic E-state index is 13.1. The molecule has 0 amide bonds. The van der Waals surface area contributed by atoms with Crippen LogP contribution in [0.3, 0.4) is 0 Å². The number of aliphatic hydroxyl groups is 1. The SMILES string of the molecule is CN(CCCCCO)CCC(N)c1cc(F)cc(F)c1. The lowest BCUT2D eigenvalue weighted by molar-refractivity contribution is 0.270. The summed E-state index contributed by atoms with van der Waals surface area (Å²) in [6.45, 7) is 1.95. The van der Waals surface area contributed by atoms with Gasteiger partial charge in [0.1, 0.15) is 11.6 Å². The molecule has 0 aliphatic heterocycles. The van der Waals surface area contributed by atoms with E-state index in [-0.39, 0.29) is 12.6 Å². The standard InChI is InChI=1S/C15H24F2N2O/c1-19(6-3-2-4-8-20)7-5-15(18)12-9-13(16)11-14(17)10-12/h9-11,15,20H,2-8,18H2,1H3. The van der Waals surface area contributed by atoms with Gasteiger partial charge in [-0.05, 0) is 63.5 Å². The van der Waals surface area contributed by atoms with Gasteiger partial charge in [-0.1, -0.05) is 0 Å². The zero-order valence-electron chi connectivity index (χ0n) is 12.0. The van der Waals surface area contributed by atoms with Gasteiger partial charge < -0.3 is 15.7 Å². The molecule has 0 heterocycles. The number of unbranched alkanes of at least 4 members (excludes halogenated alkanes) is 2. The van der Waals surface area contributed by atoms with Crippen LogP contribution in [0.4, 0.5) is 8.78 Å². The van der Waals surface area contributed by atoms with Crippen molar-refractivity contribution in [1.82, 2.24) is 4.90 Å². The molecule has 5 heteroatoms. The fourth-order valence-electron chi connectivity index (χ4n) is 2.10. The molecular formula is C15H24F2N2O. The molecule has 3 N–H and O–H groups in total. The van der Waals surface area contributed by atoms with Crippen LogP contribution < -0.4 is 5.73 Å². The van der Waals surface area contributed by atoms with E-state index in [1.807, 2.05) is 7.05 Å². The number of nitrogens with zero attached hydrogens (tertiary/aromatic N) is 1. The molecule has 0 saturated carbocycles. The summed E-state index contributed by atoms with van der Waals surface area (Å²) >= 11 is 0. The number of hydrogen-bond donors (Lipinski definition) is 2. The number of rotatable bonds is 9. The molecule has 0 aliphatic carbocycles. The summed E-state index contributed by atoms with van der Waals surface area (Å²) in [6.07, 6.45) is 3.51. The van der Waals surface area contributed by atoms with Gasteiger partial charge in [0.2, 0.25) is 0 Å². The number of halogens is 2. The number of benzene rings is 1. The maximum absolute atomic E-state index is 13.1. The van der Waals surface area contributed by atoms with E-state index in [1.54, 1.807) is 0 Å². The van der Waals surface area contributed by atoms with Crippen molar-refractivity contribution in [2.75, 3.05) is 26.7 Å². The van der Waals surface area contributed by atoms with Crippen molar-refractivity contribution < 1.29 is 13.9 Å². The Bertz CT molecular complexity index is 381. The van der Waals surface area contributed by atoms with Gasteiger partial charge in [-0.2, -0.15) is 0 Å². The Kier molecular flexibility index (Phi) is 7.65. The summed E-state index contributed by atoms with van der Waals surface area (Å²) in [4.78, 5) is 2.15. The smallest absolute Gasteiger partial charge is 0.126 e. The maximum Gasteiger partial charge on any atom is 0.126 e. The second-order valence-electron chi connectivity index (χ2n) is 5.19. The second-order valence-corrected chi connectivity index (χ2v) is 5.19. The minimum Gasteiger partial charge on any atom is -0.396 e. The lowest BCUT2D eigenvalue weighted by Crippen LogP contribution is -2.24. The second kappa shape index (κ2) is 9.00. The topological polar surface area (TPSA) is 49.5 Å². The largest absolute Gasteiger partial charge is 0.396 e. The van der Waals surface area contributed by atoms with E-state index in [1.165, 1.54) is 12.1 Å². The highest BCUT2D eigenvalue weighted by Crippen LogP contribution is 2.17. The van der Waals surface area contributed by atoms with Crippen LogP contribution >= 0.6 is 0 Å². The van der Waals surface area contributed by atoms with Crippen molar-refractivity contribution in [3.05, 3.63) is 35.4 Å². The van der Waals surface area contributed by atoms with Crippen LogP contribution in [0.2, 0.25) is 0 Å². The summed E-state index contributed by atoms with van der Waals surface area (Å²) in [5.74, 6) is -1.18. The van der Waals surface area contributed by atoms with E-state index in [0.29, 0.717) is 12.0 Å². The van der Waals surface area contributed by atoms with Crippen LogP contribution in [0.1, 0.15) is 37.3 Å². The third-order valence-electron chi connectivity index (χ3n) is 3.33. The summed E-state index contributed by atoms with van der Waals surface area (Å²) in [6, 6.07) is 3.06. The van der Waals surface area contributed by atoms with E-state index < -0.39 is 11.6 Å². The molecule has 0 aliphatic rings. The minimum atomic E-state index is -0.590. The van der Waals surface area contributed by atoms with E-state index in [9.17, 15) is 8.78 Å². The Morgan fingerprint density at radius 2 is 1.75 bits per heavy atom. The van der Waals surface area contributed by atoms with E-state index >= 15 is 0 Å². The van der Waals surface area contributed by atoms with Crippen molar-refractivity contribution in [3.8, 4) is 0 Å². The van der Waals surface area contributed by atoms with Gasteiger partial charge >= 0.3 is 0 Å². The molecule has 1 atom stereocenters. The van der Waals surface area contributed by atoms with Gasteiger partial charge in [0.25, 0.3) is 0 Å². The Hall–Kier alpha value is -1.04. The Morgan fingerprint density at radius 3 is 2.35 bits per heavy atom. The lowest BCUT2D eigenvalue weighted by atomic mass is 10.0. The van der Waals surface area contributed by atoms with Crippen LogP contribution in [-0.4, -0.2) is 36.8 Å². The van der Waals surface area contributed by atoms with Crippen molar-refractivity contribution in [2.24, 2.45) is 5.73 Å². The average molecular weight is 286 g/mol. The first kappa shape index (κ1) is 17.0. The van der Waals surface area contributed by atoms with Crippen LogP contribution in [0.25, 0.3) is 0 Å². The predicted octanol–water partition coefficient (Wildman–Crippen LogP) is 2.45. The first-order valence-corrected chi connectivity index (χ1v) is 7.04. The van der Waals surface area contributed by atoms with Gasteiger partial charge in [-0.15, -0.1) is 0 Å². The molecule has 0 fully saturated rings. The molecular weight excluding hydrogens is 262 g/mol. The van der Waals surface area contributed by atoms with E-state index in [0.717, 1.165) is 38.4 Å². The Labute approximate surface area is 119 Å². The number of aliphatic hydroxyl groups excluding tert-OH is 1. The fraction of sp³-hybridized carbons (Fsp3) is 0.600. The van der Waals surface area contributed by atoms with Crippen LogP contribution in [-0.2, 0) is 0 Å². The lowest BCUT2D eigenvalue weighted by Gasteiger charge is -2.19. The average Bonchev–Trinajstić information content (AvgIpc) is 2.40. The zero-order valence-corrected chi connectivity index (χ0v) is 12.0. The molecule has 0 bridgehead atoms. The molecule has 20 heavy (non-hydrogen) atoms. The molecule has 1 aromatic carbocycles.